The van der Waals surface area contributed by atoms with Crippen LogP contribution in [0.3, 0.4) is 0 Å². The molecule has 5 nitrogen and oxygen atoms in total. The average molecular weight is 297 g/mol. The average Bonchev–Trinajstić information content (AvgIpc) is 2.36. The summed E-state index contributed by atoms with van der Waals surface area (Å²) in [5.41, 5.74) is 0.0496. The third-order valence-corrected chi connectivity index (χ3v) is 3.99. The Labute approximate surface area is 122 Å². The molecule has 1 aromatic carbocycles. The fourth-order valence-corrected chi connectivity index (χ4v) is 2.87. The quantitative estimate of drug-likeness (QED) is 0.619. The number of nitrogens with zero attached hydrogens (tertiary/aromatic N) is 2. The van der Waals surface area contributed by atoms with E-state index in [1.165, 1.54) is 12.1 Å². The summed E-state index contributed by atoms with van der Waals surface area (Å²) in [5, 5.41) is 10.8. The Morgan fingerprint density at radius 3 is 2.75 bits per heavy atom. The first-order valence-corrected chi connectivity index (χ1v) is 6.92. The van der Waals surface area contributed by atoms with Crippen molar-refractivity contribution in [1.82, 2.24) is 4.90 Å². The summed E-state index contributed by atoms with van der Waals surface area (Å²) in [5.74, 6) is -0.230. The molecule has 108 valence electrons. The minimum Gasteiger partial charge on any atom is -0.338 e. The lowest BCUT2D eigenvalue weighted by atomic mass is 9.84. The summed E-state index contributed by atoms with van der Waals surface area (Å²) < 4.78 is 0. The van der Waals surface area contributed by atoms with Crippen LogP contribution in [-0.2, 0) is 0 Å². The molecule has 1 aliphatic heterocycles. The molecule has 1 aromatic rings. The third-order valence-electron chi connectivity index (χ3n) is 3.59. The maximum atomic E-state index is 12.5. The van der Waals surface area contributed by atoms with Crippen molar-refractivity contribution in [2.24, 2.45) is 5.41 Å². The summed E-state index contributed by atoms with van der Waals surface area (Å²) in [6, 6.07) is 4.34. The molecule has 1 fully saturated rings. The van der Waals surface area contributed by atoms with E-state index in [4.69, 9.17) is 11.6 Å². The first kappa shape index (κ1) is 14.8. The van der Waals surface area contributed by atoms with E-state index in [0.29, 0.717) is 13.1 Å². The lowest BCUT2D eigenvalue weighted by Gasteiger charge is -2.38. The monoisotopic (exact) mass is 296 g/mol. The van der Waals surface area contributed by atoms with Crippen LogP contribution >= 0.6 is 11.6 Å². The van der Waals surface area contributed by atoms with Crippen LogP contribution in [0.4, 0.5) is 5.69 Å². The topological polar surface area (TPSA) is 63.5 Å². The molecule has 2 rings (SSSR count). The maximum absolute atomic E-state index is 12.5. The lowest BCUT2D eigenvalue weighted by molar-refractivity contribution is -0.384. The van der Waals surface area contributed by atoms with Gasteiger partial charge in [-0.1, -0.05) is 31.5 Å². The number of carbonyl (C=O) groups is 1. The van der Waals surface area contributed by atoms with Crippen LogP contribution in [-0.4, -0.2) is 28.8 Å². The Bertz CT molecular complexity index is 557. The van der Waals surface area contributed by atoms with Crippen molar-refractivity contribution in [2.45, 2.75) is 26.7 Å². The van der Waals surface area contributed by atoms with Gasteiger partial charge in [-0.25, -0.2) is 0 Å². The summed E-state index contributed by atoms with van der Waals surface area (Å²) in [7, 11) is 0. The van der Waals surface area contributed by atoms with Crippen LogP contribution in [0.2, 0.25) is 5.02 Å². The number of hydrogen-bond acceptors (Lipinski definition) is 3. The van der Waals surface area contributed by atoms with Gasteiger partial charge in [-0.3, -0.25) is 14.9 Å². The van der Waals surface area contributed by atoms with Gasteiger partial charge in [0.15, 0.2) is 0 Å². The van der Waals surface area contributed by atoms with Crippen LogP contribution < -0.4 is 0 Å². The van der Waals surface area contributed by atoms with Gasteiger partial charge in [0.1, 0.15) is 5.02 Å². The largest absolute Gasteiger partial charge is 0.338 e. The second kappa shape index (κ2) is 5.40. The number of halogens is 1. The van der Waals surface area contributed by atoms with Crippen LogP contribution in [0.1, 0.15) is 37.0 Å². The molecule has 0 unspecified atom stereocenters. The summed E-state index contributed by atoms with van der Waals surface area (Å²) in [6.07, 6.45) is 2.00. The van der Waals surface area contributed by atoms with Gasteiger partial charge in [0.25, 0.3) is 11.6 Å². The van der Waals surface area contributed by atoms with Crippen molar-refractivity contribution in [3.63, 3.8) is 0 Å². The molecule has 0 aromatic heterocycles. The molecule has 1 saturated heterocycles. The predicted molar refractivity (Wildman–Crippen MR) is 77.0 cm³/mol. The van der Waals surface area contributed by atoms with Crippen LogP contribution in [0.15, 0.2) is 18.2 Å². The molecule has 0 spiro atoms. The summed E-state index contributed by atoms with van der Waals surface area (Å²) in [4.78, 5) is 24.5. The van der Waals surface area contributed by atoms with E-state index >= 15 is 0 Å². The number of carbonyl (C=O) groups excluding carboxylic acids is 1. The fraction of sp³-hybridized carbons (Fsp3) is 0.500. The highest BCUT2D eigenvalue weighted by Gasteiger charge is 2.31. The Morgan fingerprint density at radius 2 is 2.15 bits per heavy atom. The predicted octanol–water partition coefficient (Wildman–Crippen LogP) is 3.51. The highest BCUT2D eigenvalue weighted by Crippen LogP contribution is 2.32. The van der Waals surface area contributed by atoms with E-state index in [-0.39, 0.29) is 27.6 Å². The zero-order chi connectivity index (χ0) is 14.9. The fourth-order valence-electron chi connectivity index (χ4n) is 2.59. The molecule has 0 saturated carbocycles. The van der Waals surface area contributed by atoms with Gasteiger partial charge in [0.05, 0.1) is 10.5 Å². The molecule has 0 N–H and O–H groups in total. The zero-order valence-electron chi connectivity index (χ0n) is 11.6. The third kappa shape index (κ3) is 2.93. The van der Waals surface area contributed by atoms with E-state index in [9.17, 15) is 14.9 Å². The smallest absolute Gasteiger partial charge is 0.288 e. The summed E-state index contributed by atoms with van der Waals surface area (Å²) >= 11 is 6.00. The van der Waals surface area contributed by atoms with Crippen LogP contribution in [0.25, 0.3) is 0 Å². The Kier molecular flexibility index (Phi) is 3.99. The first-order chi connectivity index (χ1) is 9.32. The van der Waals surface area contributed by atoms with E-state index in [0.717, 1.165) is 12.8 Å². The zero-order valence-corrected chi connectivity index (χ0v) is 12.3. The molecule has 0 radical (unpaired) electrons. The number of nitro groups is 1. The van der Waals surface area contributed by atoms with Gasteiger partial charge in [-0.05, 0) is 24.3 Å². The van der Waals surface area contributed by atoms with Gasteiger partial charge >= 0.3 is 0 Å². The van der Waals surface area contributed by atoms with Gasteiger partial charge in [0, 0.05) is 19.2 Å². The highest BCUT2D eigenvalue weighted by molar-refractivity contribution is 6.35. The molecule has 1 aliphatic rings. The van der Waals surface area contributed by atoms with E-state index in [2.05, 4.69) is 13.8 Å². The van der Waals surface area contributed by atoms with E-state index < -0.39 is 4.92 Å². The number of piperidine rings is 1. The lowest BCUT2D eigenvalue weighted by Crippen LogP contribution is -2.43. The summed E-state index contributed by atoms with van der Waals surface area (Å²) in [6.45, 7) is 5.54. The van der Waals surface area contributed by atoms with Crippen LogP contribution in [0.5, 0.6) is 0 Å². The molecule has 6 heteroatoms. The number of rotatable bonds is 2. The van der Waals surface area contributed by atoms with Crippen molar-refractivity contribution in [1.29, 1.82) is 0 Å². The number of hydrogen-bond donors (Lipinski definition) is 0. The van der Waals surface area contributed by atoms with Crippen molar-refractivity contribution in [3.8, 4) is 0 Å². The Balaban J connectivity index is 2.30. The minimum atomic E-state index is -0.570. The molecule has 0 atom stereocenters. The van der Waals surface area contributed by atoms with Crippen molar-refractivity contribution in [2.75, 3.05) is 13.1 Å². The van der Waals surface area contributed by atoms with E-state index in [1.807, 2.05) is 0 Å². The van der Waals surface area contributed by atoms with E-state index in [1.54, 1.807) is 11.0 Å². The SMILES string of the molecule is CC1(C)CCCN(C(=O)c2cccc([N+](=O)[O-])c2Cl)C1. The molecule has 1 amide bonds. The van der Waals surface area contributed by atoms with Crippen molar-refractivity contribution in [3.05, 3.63) is 38.9 Å². The maximum Gasteiger partial charge on any atom is 0.288 e. The highest BCUT2D eigenvalue weighted by atomic mass is 35.5. The second-order valence-electron chi connectivity index (χ2n) is 5.89. The van der Waals surface area contributed by atoms with Crippen molar-refractivity contribution >= 4 is 23.2 Å². The van der Waals surface area contributed by atoms with Gasteiger partial charge < -0.3 is 4.90 Å². The first-order valence-electron chi connectivity index (χ1n) is 6.54. The van der Waals surface area contributed by atoms with Crippen LogP contribution in [0, 0.1) is 15.5 Å². The molecular weight excluding hydrogens is 280 g/mol. The molecule has 0 aliphatic carbocycles. The molecule has 0 bridgehead atoms. The normalized spacial score (nSPS) is 17.9. The Morgan fingerprint density at radius 1 is 1.45 bits per heavy atom. The Hall–Kier alpha value is -1.62. The molecule has 20 heavy (non-hydrogen) atoms. The van der Waals surface area contributed by atoms with Crippen molar-refractivity contribution < 1.29 is 9.72 Å². The molecular formula is C14H17ClN2O3. The number of nitro benzene ring substituents is 1. The van der Waals surface area contributed by atoms with Gasteiger partial charge in [0.2, 0.25) is 0 Å². The van der Waals surface area contributed by atoms with Gasteiger partial charge in [-0.2, -0.15) is 0 Å². The van der Waals surface area contributed by atoms with Gasteiger partial charge in [-0.15, -0.1) is 0 Å². The number of benzene rings is 1. The number of likely N-dealkylation sites (tertiary alicyclic amines) is 1. The molecule has 1 heterocycles. The minimum absolute atomic E-state index is 0.0705. The standard InChI is InChI=1S/C14H17ClN2O3/c1-14(2)7-4-8-16(9-14)13(18)10-5-3-6-11(12(10)15)17(19)20/h3,5-6H,4,7-9H2,1-2H3. The second-order valence-corrected chi connectivity index (χ2v) is 6.27. The number of amides is 1.